The first-order valence-corrected chi connectivity index (χ1v) is 8.67. The van der Waals surface area contributed by atoms with Crippen molar-refractivity contribution in [3.8, 4) is 17.2 Å². The first-order valence-electron chi connectivity index (χ1n) is 8.67. The summed E-state index contributed by atoms with van der Waals surface area (Å²) in [6.07, 6.45) is 3.56. The summed E-state index contributed by atoms with van der Waals surface area (Å²) < 4.78 is 1.79. The molecular weight excluding hydrogens is 352 g/mol. The summed E-state index contributed by atoms with van der Waals surface area (Å²) in [5.74, 6) is -0.345. The Balaban J connectivity index is 1.62. The van der Waals surface area contributed by atoms with E-state index in [1.54, 1.807) is 34.9 Å². The maximum atomic E-state index is 12.5. The van der Waals surface area contributed by atoms with Crippen molar-refractivity contribution in [1.29, 1.82) is 5.26 Å². The molecule has 6 nitrogen and oxygen atoms in total. The highest BCUT2D eigenvalue weighted by Crippen LogP contribution is 2.22. The van der Waals surface area contributed by atoms with Gasteiger partial charge in [-0.3, -0.25) is 4.79 Å². The van der Waals surface area contributed by atoms with Crippen molar-refractivity contribution in [2.45, 2.75) is 6.61 Å². The van der Waals surface area contributed by atoms with E-state index in [1.165, 1.54) is 0 Å². The molecule has 136 valence electrons. The number of pyridine rings is 1. The van der Waals surface area contributed by atoms with Gasteiger partial charge in [0.2, 0.25) is 0 Å². The highest BCUT2D eigenvalue weighted by molar-refractivity contribution is 6.03. The van der Waals surface area contributed by atoms with Crippen molar-refractivity contribution in [3.63, 3.8) is 0 Å². The molecule has 0 atom stereocenters. The molecule has 0 bridgehead atoms. The molecule has 0 saturated heterocycles. The highest BCUT2D eigenvalue weighted by atomic mass is 16.3. The maximum absolute atomic E-state index is 12.5. The molecule has 28 heavy (non-hydrogen) atoms. The summed E-state index contributed by atoms with van der Waals surface area (Å²) in [5.41, 5.74) is 4.71. The number of benzene rings is 2. The molecule has 2 heterocycles. The summed E-state index contributed by atoms with van der Waals surface area (Å²) in [7, 11) is 0. The molecule has 0 spiro atoms. The van der Waals surface area contributed by atoms with Crippen molar-refractivity contribution in [2.24, 2.45) is 0 Å². The number of nitrogens with zero attached hydrogens (tertiary/aromatic N) is 3. The van der Waals surface area contributed by atoms with Gasteiger partial charge in [0.15, 0.2) is 0 Å². The summed E-state index contributed by atoms with van der Waals surface area (Å²) in [6.45, 7) is -0.0154. The Bertz CT molecular complexity index is 1220. The Morgan fingerprint density at radius 2 is 1.93 bits per heavy atom. The fourth-order valence-electron chi connectivity index (χ4n) is 2.98. The van der Waals surface area contributed by atoms with Gasteiger partial charge in [-0.25, -0.2) is 4.98 Å². The van der Waals surface area contributed by atoms with Crippen LogP contribution in [0.15, 0.2) is 73.1 Å². The topological polar surface area (TPSA) is 90.4 Å². The van der Waals surface area contributed by atoms with Gasteiger partial charge in [-0.2, -0.15) is 5.26 Å². The predicted octanol–water partition coefficient (Wildman–Crippen LogP) is 3.62. The largest absolute Gasteiger partial charge is 0.392 e. The quantitative estimate of drug-likeness (QED) is 0.576. The molecule has 0 aliphatic rings. The molecule has 4 aromatic rings. The van der Waals surface area contributed by atoms with Crippen LogP contribution >= 0.6 is 0 Å². The number of nitrogens with one attached hydrogen (secondary N) is 1. The number of fused-ring (bicyclic) bond motifs is 1. The van der Waals surface area contributed by atoms with Gasteiger partial charge in [0.1, 0.15) is 11.3 Å². The number of carbonyl (C=O) groups excluding carboxylic acids is 1. The molecule has 4 rings (SSSR count). The van der Waals surface area contributed by atoms with E-state index in [-0.39, 0.29) is 18.2 Å². The lowest BCUT2D eigenvalue weighted by atomic mass is 10.1. The predicted molar refractivity (Wildman–Crippen MR) is 106 cm³/mol. The van der Waals surface area contributed by atoms with E-state index < -0.39 is 0 Å². The normalized spacial score (nSPS) is 10.6. The fraction of sp³-hybridized carbons (Fsp3) is 0.0455. The first kappa shape index (κ1) is 17.5. The lowest BCUT2D eigenvalue weighted by Crippen LogP contribution is -2.12. The SMILES string of the molecule is N#Cc1cccc(NC(=O)c2cn3cc(-c4cccc(CO)c4)ccc3n2)c1. The first-order chi connectivity index (χ1) is 13.7. The van der Waals surface area contributed by atoms with Gasteiger partial charge in [-0.1, -0.05) is 24.3 Å². The number of rotatable bonds is 4. The van der Waals surface area contributed by atoms with Gasteiger partial charge in [-0.05, 0) is 53.1 Å². The average molecular weight is 368 g/mol. The number of aromatic nitrogens is 2. The Kier molecular flexibility index (Phi) is 4.58. The monoisotopic (exact) mass is 368 g/mol. The van der Waals surface area contributed by atoms with Crippen molar-refractivity contribution >= 4 is 17.2 Å². The molecule has 0 unspecified atom stereocenters. The zero-order valence-corrected chi connectivity index (χ0v) is 14.8. The smallest absolute Gasteiger partial charge is 0.275 e. The summed E-state index contributed by atoms with van der Waals surface area (Å²) in [6, 6.07) is 20.2. The second-order valence-corrected chi connectivity index (χ2v) is 6.31. The van der Waals surface area contributed by atoms with Crippen LogP contribution in [0, 0.1) is 11.3 Å². The standard InChI is InChI=1S/C22H16N4O2/c23-11-15-3-2-6-19(10-15)24-22(28)20-13-26-12-18(7-8-21(26)25-20)17-5-1-4-16(9-17)14-27/h1-10,12-13,27H,14H2,(H,24,28). The van der Waals surface area contributed by atoms with Crippen LogP contribution in [0.3, 0.4) is 0 Å². The minimum Gasteiger partial charge on any atom is -0.392 e. The maximum Gasteiger partial charge on any atom is 0.275 e. The minimum absolute atomic E-state index is 0.0154. The van der Waals surface area contributed by atoms with Crippen LogP contribution in [0.5, 0.6) is 0 Å². The van der Waals surface area contributed by atoms with Crippen molar-refractivity contribution in [3.05, 3.63) is 89.9 Å². The molecule has 0 fully saturated rings. The Labute approximate surface area is 161 Å². The number of nitriles is 1. The highest BCUT2D eigenvalue weighted by Gasteiger charge is 2.12. The van der Waals surface area contributed by atoms with Crippen molar-refractivity contribution in [2.75, 3.05) is 5.32 Å². The fourth-order valence-corrected chi connectivity index (χ4v) is 2.98. The molecule has 0 radical (unpaired) electrons. The Morgan fingerprint density at radius 1 is 1.07 bits per heavy atom. The van der Waals surface area contributed by atoms with E-state index in [0.717, 1.165) is 16.7 Å². The number of hydrogen-bond donors (Lipinski definition) is 2. The van der Waals surface area contributed by atoms with E-state index in [2.05, 4.69) is 10.3 Å². The summed E-state index contributed by atoms with van der Waals surface area (Å²) in [5, 5.41) is 21.1. The molecule has 2 aromatic carbocycles. The van der Waals surface area contributed by atoms with Gasteiger partial charge in [0.05, 0.1) is 18.2 Å². The average Bonchev–Trinajstić information content (AvgIpc) is 3.17. The zero-order valence-electron chi connectivity index (χ0n) is 14.8. The zero-order chi connectivity index (χ0) is 19.5. The second kappa shape index (κ2) is 7.35. The number of amides is 1. The van der Waals surface area contributed by atoms with Gasteiger partial charge in [0.25, 0.3) is 5.91 Å². The van der Waals surface area contributed by atoms with Gasteiger partial charge < -0.3 is 14.8 Å². The lowest BCUT2D eigenvalue weighted by molar-refractivity contribution is 0.102. The third-order valence-corrected chi connectivity index (χ3v) is 4.38. The van der Waals surface area contributed by atoms with Gasteiger partial charge >= 0.3 is 0 Å². The minimum atomic E-state index is -0.345. The number of anilines is 1. The van der Waals surface area contributed by atoms with Crippen LogP contribution in [0.2, 0.25) is 0 Å². The third kappa shape index (κ3) is 3.47. The molecule has 0 aliphatic heterocycles. The van der Waals surface area contributed by atoms with E-state index in [9.17, 15) is 9.90 Å². The van der Waals surface area contributed by atoms with Crippen LogP contribution in [-0.4, -0.2) is 20.4 Å². The van der Waals surface area contributed by atoms with Crippen LogP contribution in [-0.2, 0) is 6.61 Å². The van der Waals surface area contributed by atoms with Crippen LogP contribution in [0.1, 0.15) is 21.6 Å². The molecule has 2 N–H and O–H groups in total. The number of hydrogen-bond acceptors (Lipinski definition) is 4. The van der Waals surface area contributed by atoms with Crippen molar-refractivity contribution < 1.29 is 9.90 Å². The Morgan fingerprint density at radius 3 is 2.75 bits per heavy atom. The molecule has 2 aromatic heterocycles. The number of carbonyl (C=O) groups is 1. The van der Waals surface area contributed by atoms with E-state index >= 15 is 0 Å². The van der Waals surface area contributed by atoms with Gasteiger partial charge in [0, 0.05) is 18.1 Å². The molecule has 6 heteroatoms. The van der Waals surface area contributed by atoms with Crippen molar-refractivity contribution in [1.82, 2.24) is 9.38 Å². The third-order valence-electron chi connectivity index (χ3n) is 4.38. The summed E-state index contributed by atoms with van der Waals surface area (Å²) in [4.78, 5) is 16.9. The Hall–Kier alpha value is -3.95. The molecule has 0 saturated carbocycles. The molecular formula is C22H16N4O2. The van der Waals surface area contributed by atoms with Gasteiger partial charge in [-0.15, -0.1) is 0 Å². The number of imidazole rings is 1. The lowest BCUT2D eigenvalue weighted by Gasteiger charge is -2.04. The number of aliphatic hydroxyl groups is 1. The van der Waals surface area contributed by atoms with E-state index in [1.807, 2.05) is 48.7 Å². The van der Waals surface area contributed by atoms with Crippen LogP contribution in [0.4, 0.5) is 5.69 Å². The number of aliphatic hydroxyl groups excluding tert-OH is 1. The summed E-state index contributed by atoms with van der Waals surface area (Å²) >= 11 is 0. The van der Waals surface area contributed by atoms with E-state index in [4.69, 9.17) is 5.26 Å². The molecule has 0 aliphatic carbocycles. The van der Waals surface area contributed by atoms with E-state index in [0.29, 0.717) is 16.9 Å². The van der Waals surface area contributed by atoms with Crippen LogP contribution < -0.4 is 5.32 Å². The van der Waals surface area contributed by atoms with Crippen LogP contribution in [0.25, 0.3) is 16.8 Å². The second-order valence-electron chi connectivity index (χ2n) is 6.31. The molecule has 1 amide bonds.